The van der Waals surface area contributed by atoms with Crippen molar-refractivity contribution in [1.82, 2.24) is 24.8 Å². The van der Waals surface area contributed by atoms with Gasteiger partial charge in [-0.05, 0) is 25.0 Å². The first-order valence-electron chi connectivity index (χ1n) is 11.5. The maximum atomic E-state index is 13.1. The van der Waals surface area contributed by atoms with E-state index in [1.807, 2.05) is 30.3 Å². The van der Waals surface area contributed by atoms with Crippen LogP contribution in [-0.2, 0) is 14.8 Å². The number of aromatic amines is 1. The van der Waals surface area contributed by atoms with E-state index in [9.17, 15) is 13.2 Å². The molecule has 0 atom stereocenters. The summed E-state index contributed by atoms with van der Waals surface area (Å²) >= 11 is 1.46. The molecule has 1 amide bonds. The van der Waals surface area contributed by atoms with Crippen LogP contribution in [0.1, 0.15) is 12.8 Å². The van der Waals surface area contributed by atoms with Crippen LogP contribution in [0.3, 0.4) is 0 Å². The molecule has 1 fully saturated rings. The Balaban J connectivity index is 1.23. The van der Waals surface area contributed by atoms with Crippen LogP contribution >= 0.6 is 11.8 Å². The predicted molar refractivity (Wildman–Crippen MR) is 137 cm³/mol. The second-order valence-electron chi connectivity index (χ2n) is 8.17. The Morgan fingerprint density at radius 3 is 2.53 bits per heavy atom. The lowest BCUT2D eigenvalue weighted by molar-refractivity contribution is -0.125. The number of methoxy groups -OCH3 is 2. The van der Waals surface area contributed by atoms with Gasteiger partial charge in [-0.3, -0.25) is 9.89 Å². The van der Waals surface area contributed by atoms with E-state index in [2.05, 4.69) is 20.5 Å². The minimum Gasteiger partial charge on any atom is -0.493 e. The summed E-state index contributed by atoms with van der Waals surface area (Å²) in [5, 5.41) is 10.7. The van der Waals surface area contributed by atoms with E-state index >= 15 is 0 Å². The van der Waals surface area contributed by atoms with Gasteiger partial charge in [-0.1, -0.05) is 42.1 Å². The molecule has 0 bridgehead atoms. The van der Waals surface area contributed by atoms with E-state index in [0.717, 1.165) is 5.56 Å². The molecule has 3 aromatic rings. The first-order valence-corrected chi connectivity index (χ1v) is 14.0. The van der Waals surface area contributed by atoms with Crippen molar-refractivity contribution in [3.05, 3.63) is 48.5 Å². The Morgan fingerprint density at radius 1 is 1.11 bits per heavy atom. The number of thioether (sulfide) groups is 1. The summed E-state index contributed by atoms with van der Waals surface area (Å²) in [6.45, 7) is 1.04. The number of hydrogen-bond donors (Lipinski definition) is 2. The average Bonchev–Trinajstić information content (AvgIpc) is 3.40. The molecule has 0 aliphatic carbocycles. The van der Waals surface area contributed by atoms with Crippen LogP contribution in [0.5, 0.6) is 11.5 Å². The van der Waals surface area contributed by atoms with Crippen molar-refractivity contribution >= 4 is 27.7 Å². The third-order valence-electron chi connectivity index (χ3n) is 5.96. The van der Waals surface area contributed by atoms with Gasteiger partial charge in [-0.15, -0.1) is 5.10 Å². The molecule has 0 radical (unpaired) electrons. The van der Waals surface area contributed by atoms with Crippen LogP contribution in [0.4, 0.5) is 0 Å². The van der Waals surface area contributed by atoms with Crippen molar-refractivity contribution < 1.29 is 22.7 Å². The van der Waals surface area contributed by atoms with Crippen molar-refractivity contribution in [2.75, 3.05) is 39.6 Å². The zero-order chi connectivity index (χ0) is 25.5. The van der Waals surface area contributed by atoms with E-state index in [0.29, 0.717) is 47.6 Å². The van der Waals surface area contributed by atoms with Crippen LogP contribution in [0.2, 0.25) is 0 Å². The van der Waals surface area contributed by atoms with Gasteiger partial charge < -0.3 is 14.8 Å². The second kappa shape index (κ2) is 11.8. The fourth-order valence-corrected chi connectivity index (χ4v) is 6.12. The summed E-state index contributed by atoms with van der Waals surface area (Å²) in [6.07, 6.45) is 0.930. The van der Waals surface area contributed by atoms with Crippen LogP contribution in [0.25, 0.3) is 11.4 Å². The number of piperidine rings is 1. The molecule has 1 saturated heterocycles. The van der Waals surface area contributed by atoms with Crippen LogP contribution in [-0.4, -0.2) is 73.4 Å². The Morgan fingerprint density at radius 2 is 1.83 bits per heavy atom. The van der Waals surface area contributed by atoms with Gasteiger partial charge >= 0.3 is 0 Å². The van der Waals surface area contributed by atoms with Crippen LogP contribution < -0.4 is 14.8 Å². The minimum absolute atomic E-state index is 0.0567. The highest BCUT2D eigenvalue weighted by Crippen LogP contribution is 2.32. The number of aromatic nitrogens is 3. The number of sulfonamides is 1. The Kier molecular flexibility index (Phi) is 8.49. The summed E-state index contributed by atoms with van der Waals surface area (Å²) in [5.74, 6) is 1.87. The summed E-state index contributed by atoms with van der Waals surface area (Å²) in [7, 11) is -0.734. The highest BCUT2D eigenvalue weighted by Gasteiger charge is 2.32. The highest BCUT2D eigenvalue weighted by atomic mass is 32.2. The Hall–Kier alpha value is -3.09. The Bertz CT molecular complexity index is 1280. The zero-order valence-electron chi connectivity index (χ0n) is 20.1. The molecule has 36 heavy (non-hydrogen) atoms. The number of amides is 1. The highest BCUT2D eigenvalue weighted by molar-refractivity contribution is 7.99. The van der Waals surface area contributed by atoms with Crippen molar-refractivity contribution in [3.63, 3.8) is 0 Å². The van der Waals surface area contributed by atoms with Crippen molar-refractivity contribution in [1.29, 1.82) is 0 Å². The zero-order valence-corrected chi connectivity index (χ0v) is 21.8. The molecule has 192 valence electrons. The van der Waals surface area contributed by atoms with Crippen molar-refractivity contribution in [3.8, 4) is 22.9 Å². The van der Waals surface area contributed by atoms with Crippen molar-refractivity contribution in [2.24, 2.45) is 5.92 Å². The van der Waals surface area contributed by atoms with Gasteiger partial charge in [0.2, 0.25) is 21.1 Å². The lowest BCUT2D eigenvalue weighted by atomic mass is 9.97. The maximum absolute atomic E-state index is 13.1. The summed E-state index contributed by atoms with van der Waals surface area (Å²) in [5.41, 5.74) is 0.963. The monoisotopic (exact) mass is 531 g/mol. The van der Waals surface area contributed by atoms with E-state index in [1.165, 1.54) is 42.4 Å². The lowest BCUT2D eigenvalue weighted by Crippen LogP contribution is -2.43. The second-order valence-corrected chi connectivity index (χ2v) is 11.2. The molecule has 0 spiro atoms. The standard InChI is InChI=1S/C24H29N5O5S2/c1-33-20-9-8-19(16-21(20)34-2)36(31,32)29-13-10-18(11-14-29)23(30)25-12-15-35-24-26-22(27-28-24)17-6-4-3-5-7-17/h3-9,16,18H,10-15H2,1-2H3,(H,25,30)(H,26,27,28). The SMILES string of the molecule is COc1ccc(S(=O)(=O)N2CCC(C(=O)NCCSc3n[nH]c(-c4ccccc4)n3)CC2)cc1OC. The fourth-order valence-electron chi connectivity index (χ4n) is 3.98. The lowest BCUT2D eigenvalue weighted by Gasteiger charge is -2.30. The summed E-state index contributed by atoms with van der Waals surface area (Å²) < 4.78 is 38.0. The molecule has 10 nitrogen and oxygen atoms in total. The molecule has 0 unspecified atom stereocenters. The molecule has 12 heteroatoms. The van der Waals surface area contributed by atoms with Gasteiger partial charge in [0.05, 0.1) is 19.1 Å². The van der Waals surface area contributed by atoms with E-state index in [-0.39, 0.29) is 29.8 Å². The molecule has 0 saturated carbocycles. The maximum Gasteiger partial charge on any atom is 0.243 e. The summed E-state index contributed by atoms with van der Waals surface area (Å²) in [4.78, 5) is 17.2. The molecular formula is C24H29N5O5S2. The number of hydrogen-bond acceptors (Lipinski definition) is 8. The third kappa shape index (κ3) is 6.00. The van der Waals surface area contributed by atoms with E-state index in [4.69, 9.17) is 9.47 Å². The topological polar surface area (TPSA) is 127 Å². The first kappa shape index (κ1) is 26.0. The van der Waals surface area contributed by atoms with Gasteiger partial charge in [0, 0.05) is 42.9 Å². The molecule has 2 N–H and O–H groups in total. The number of nitrogens with one attached hydrogen (secondary N) is 2. The van der Waals surface area contributed by atoms with Gasteiger partial charge in [-0.25, -0.2) is 13.4 Å². The van der Waals surface area contributed by atoms with Crippen molar-refractivity contribution in [2.45, 2.75) is 22.9 Å². The van der Waals surface area contributed by atoms with Gasteiger partial charge in [0.15, 0.2) is 17.3 Å². The quantitative estimate of drug-likeness (QED) is 0.302. The molecule has 2 heterocycles. The smallest absolute Gasteiger partial charge is 0.243 e. The number of rotatable bonds is 10. The molecule has 2 aromatic carbocycles. The minimum atomic E-state index is -3.69. The van der Waals surface area contributed by atoms with E-state index in [1.54, 1.807) is 6.07 Å². The van der Waals surface area contributed by atoms with Crippen LogP contribution in [0.15, 0.2) is 58.6 Å². The predicted octanol–water partition coefficient (Wildman–Crippen LogP) is 2.80. The molecule has 4 rings (SSSR count). The van der Waals surface area contributed by atoms with Gasteiger partial charge in [0.25, 0.3) is 0 Å². The largest absolute Gasteiger partial charge is 0.493 e. The van der Waals surface area contributed by atoms with Gasteiger partial charge in [-0.2, -0.15) is 4.31 Å². The molecule has 1 aromatic heterocycles. The number of carbonyl (C=O) groups excluding carboxylic acids is 1. The van der Waals surface area contributed by atoms with Gasteiger partial charge in [0.1, 0.15) is 0 Å². The Labute approximate surface area is 214 Å². The summed E-state index contributed by atoms with van der Waals surface area (Å²) in [6, 6.07) is 14.3. The van der Waals surface area contributed by atoms with Crippen LogP contribution in [0, 0.1) is 5.92 Å². The first-order chi connectivity index (χ1) is 17.4. The number of carbonyl (C=O) groups is 1. The normalized spacial score (nSPS) is 14.9. The number of nitrogens with zero attached hydrogens (tertiary/aromatic N) is 3. The fraction of sp³-hybridized carbons (Fsp3) is 0.375. The number of benzene rings is 2. The van der Waals surface area contributed by atoms with E-state index < -0.39 is 10.0 Å². The number of ether oxygens (including phenoxy) is 2. The average molecular weight is 532 g/mol. The molecular weight excluding hydrogens is 502 g/mol. The number of H-pyrrole nitrogens is 1. The third-order valence-corrected chi connectivity index (χ3v) is 8.71. The molecule has 1 aliphatic heterocycles. The molecule has 1 aliphatic rings.